The van der Waals surface area contributed by atoms with Gasteiger partial charge in [-0.15, -0.1) is 0 Å². The van der Waals surface area contributed by atoms with Crippen LogP contribution >= 0.6 is 0 Å². The van der Waals surface area contributed by atoms with E-state index in [-0.39, 0.29) is 17.0 Å². The number of nitrogens with two attached hydrogens (primary N) is 1. The number of carbonyl (C=O) groups excluding carboxylic acids is 1. The van der Waals surface area contributed by atoms with Crippen molar-refractivity contribution < 1.29 is 28.9 Å². The van der Waals surface area contributed by atoms with Crippen molar-refractivity contribution in [1.82, 2.24) is 0 Å². The lowest BCUT2D eigenvalue weighted by atomic mass is 10.1. The molecule has 1 aromatic carbocycles. The van der Waals surface area contributed by atoms with Crippen molar-refractivity contribution in [3.63, 3.8) is 0 Å². The molecule has 0 saturated carbocycles. The van der Waals surface area contributed by atoms with Crippen LogP contribution in [-0.2, 0) is 9.53 Å². The first-order chi connectivity index (χ1) is 8.90. The number of carboxylic acid groups (broad SMARTS) is 1. The maximum atomic E-state index is 11.8. The van der Waals surface area contributed by atoms with Gasteiger partial charge in [0.25, 0.3) is 0 Å². The quantitative estimate of drug-likeness (QED) is 0.604. The smallest absolute Gasteiger partial charge is 0.344 e. The summed E-state index contributed by atoms with van der Waals surface area (Å²) in [5, 5.41) is 8.69. The van der Waals surface area contributed by atoms with Crippen LogP contribution in [0.1, 0.15) is 17.3 Å². The molecule has 0 fully saturated rings. The monoisotopic (exact) mass is 269 g/mol. The molecule has 104 valence electrons. The van der Waals surface area contributed by atoms with Gasteiger partial charge in [-0.2, -0.15) is 0 Å². The SMILES string of the molecule is COc1cc(OC)c(N)c(C(=O)OC(C)C(=O)O)c1. The van der Waals surface area contributed by atoms with Gasteiger partial charge in [0, 0.05) is 6.07 Å². The Morgan fingerprint density at radius 2 is 1.89 bits per heavy atom. The Hall–Kier alpha value is -2.44. The molecule has 0 aliphatic rings. The normalized spacial score (nSPS) is 11.5. The predicted octanol–water partition coefficient (Wildman–Crippen LogP) is 0.916. The van der Waals surface area contributed by atoms with Crippen molar-refractivity contribution in [1.29, 1.82) is 0 Å². The first kappa shape index (κ1) is 14.6. The summed E-state index contributed by atoms with van der Waals surface area (Å²) in [6, 6.07) is 2.86. The highest BCUT2D eigenvalue weighted by molar-refractivity contribution is 5.98. The lowest BCUT2D eigenvalue weighted by molar-refractivity contribution is -0.146. The predicted molar refractivity (Wildman–Crippen MR) is 66.5 cm³/mol. The maximum Gasteiger partial charge on any atom is 0.344 e. The van der Waals surface area contributed by atoms with Gasteiger partial charge in [0.15, 0.2) is 6.10 Å². The molecule has 0 aliphatic carbocycles. The second-order valence-electron chi connectivity index (χ2n) is 3.68. The minimum Gasteiger partial charge on any atom is -0.497 e. The van der Waals surface area contributed by atoms with Crippen molar-refractivity contribution in [3.05, 3.63) is 17.7 Å². The molecule has 1 rings (SSSR count). The molecule has 0 heterocycles. The summed E-state index contributed by atoms with van der Waals surface area (Å²) in [5.41, 5.74) is 5.79. The van der Waals surface area contributed by atoms with Crippen LogP contribution in [0.5, 0.6) is 11.5 Å². The molecular formula is C12H15NO6. The molecule has 7 nitrogen and oxygen atoms in total. The van der Waals surface area contributed by atoms with Gasteiger partial charge in [-0.1, -0.05) is 0 Å². The van der Waals surface area contributed by atoms with Gasteiger partial charge in [-0.3, -0.25) is 0 Å². The number of carbonyl (C=O) groups is 2. The van der Waals surface area contributed by atoms with E-state index >= 15 is 0 Å². The van der Waals surface area contributed by atoms with E-state index in [9.17, 15) is 9.59 Å². The number of ether oxygens (including phenoxy) is 3. The zero-order valence-corrected chi connectivity index (χ0v) is 10.8. The fourth-order valence-corrected chi connectivity index (χ4v) is 1.33. The molecule has 3 N–H and O–H groups in total. The summed E-state index contributed by atoms with van der Waals surface area (Å²) in [4.78, 5) is 22.5. The fraction of sp³-hybridized carbons (Fsp3) is 0.333. The van der Waals surface area contributed by atoms with Gasteiger partial charge in [0.05, 0.1) is 25.5 Å². The van der Waals surface area contributed by atoms with Gasteiger partial charge >= 0.3 is 11.9 Å². The molecule has 1 aromatic rings. The summed E-state index contributed by atoms with van der Waals surface area (Å²) in [6.45, 7) is 1.24. The highest BCUT2D eigenvalue weighted by Crippen LogP contribution is 2.31. The molecule has 1 atom stereocenters. The Bertz CT molecular complexity index is 499. The number of nitrogen functional groups attached to an aromatic ring is 1. The fourth-order valence-electron chi connectivity index (χ4n) is 1.33. The molecule has 7 heteroatoms. The minimum absolute atomic E-state index is 0.00991. The summed E-state index contributed by atoms with van der Waals surface area (Å²) < 4.78 is 14.7. The molecule has 0 aliphatic heterocycles. The Labute approximate surface area is 109 Å². The summed E-state index contributed by atoms with van der Waals surface area (Å²) in [5.74, 6) is -1.51. The first-order valence-electron chi connectivity index (χ1n) is 5.36. The minimum atomic E-state index is -1.27. The number of rotatable bonds is 5. The third kappa shape index (κ3) is 3.27. The second-order valence-corrected chi connectivity index (χ2v) is 3.68. The van der Waals surface area contributed by atoms with Crippen molar-refractivity contribution in [2.24, 2.45) is 0 Å². The molecule has 19 heavy (non-hydrogen) atoms. The number of aliphatic carboxylic acids is 1. The molecular weight excluding hydrogens is 254 g/mol. The Morgan fingerprint density at radius 3 is 2.37 bits per heavy atom. The van der Waals surface area contributed by atoms with Gasteiger partial charge in [-0.25, -0.2) is 9.59 Å². The largest absolute Gasteiger partial charge is 0.497 e. The number of esters is 1. The van der Waals surface area contributed by atoms with E-state index in [2.05, 4.69) is 0 Å². The van der Waals surface area contributed by atoms with Crippen LogP contribution in [0, 0.1) is 0 Å². The molecule has 1 unspecified atom stereocenters. The number of hydrogen-bond donors (Lipinski definition) is 2. The summed E-state index contributed by atoms with van der Waals surface area (Å²) in [7, 11) is 2.81. The van der Waals surface area contributed by atoms with Gasteiger partial charge in [0.1, 0.15) is 11.5 Å². The lowest BCUT2D eigenvalue weighted by Gasteiger charge is -2.13. The van der Waals surface area contributed by atoms with Gasteiger partial charge < -0.3 is 25.1 Å². The van der Waals surface area contributed by atoms with Crippen LogP contribution in [-0.4, -0.2) is 37.4 Å². The van der Waals surface area contributed by atoms with Crippen molar-refractivity contribution in [2.45, 2.75) is 13.0 Å². The Balaban J connectivity index is 3.11. The van der Waals surface area contributed by atoms with E-state index in [4.69, 9.17) is 25.1 Å². The number of carboxylic acids is 1. The van der Waals surface area contributed by atoms with Crippen LogP contribution in [0.4, 0.5) is 5.69 Å². The molecule has 0 bridgehead atoms. The van der Waals surface area contributed by atoms with E-state index in [1.807, 2.05) is 0 Å². The second kappa shape index (κ2) is 5.94. The number of benzene rings is 1. The van der Waals surface area contributed by atoms with E-state index in [1.165, 1.54) is 33.3 Å². The average Bonchev–Trinajstić information content (AvgIpc) is 2.38. The van der Waals surface area contributed by atoms with Crippen molar-refractivity contribution >= 4 is 17.6 Å². The summed E-state index contributed by atoms with van der Waals surface area (Å²) >= 11 is 0. The van der Waals surface area contributed by atoms with E-state index in [0.717, 1.165) is 0 Å². The zero-order chi connectivity index (χ0) is 14.6. The highest BCUT2D eigenvalue weighted by Gasteiger charge is 2.22. The van der Waals surface area contributed by atoms with Crippen LogP contribution in [0.3, 0.4) is 0 Å². The topological polar surface area (TPSA) is 108 Å². The Kier molecular flexibility index (Phi) is 4.57. The third-order valence-electron chi connectivity index (χ3n) is 2.42. The number of hydrogen-bond acceptors (Lipinski definition) is 6. The molecule has 0 aromatic heterocycles. The van der Waals surface area contributed by atoms with Crippen LogP contribution in [0.25, 0.3) is 0 Å². The lowest BCUT2D eigenvalue weighted by Crippen LogP contribution is -2.24. The summed E-state index contributed by atoms with van der Waals surface area (Å²) in [6.07, 6.45) is -1.27. The van der Waals surface area contributed by atoms with Gasteiger partial charge in [-0.05, 0) is 13.0 Å². The van der Waals surface area contributed by atoms with E-state index in [0.29, 0.717) is 5.75 Å². The van der Waals surface area contributed by atoms with Crippen molar-refractivity contribution in [3.8, 4) is 11.5 Å². The Morgan fingerprint density at radius 1 is 1.26 bits per heavy atom. The number of anilines is 1. The highest BCUT2D eigenvalue weighted by atomic mass is 16.6. The van der Waals surface area contributed by atoms with E-state index < -0.39 is 18.0 Å². The van der Waals surface area contributed by atoms with E-state index in [1.54, 1.807) is 0 Å². The van der Waals surface area contributed by atoms with Crippen molar-refractivity contribution in [2.75, 3.05) is 20.0 Å². The van der Waals surface area contributed by atoms with Crippen LogP contribution in [0.2, 0.25) is 0 Å². The van der Waals surface area contributed by atoms with Crippen LogP contribution < -0.4 is 15.2 Å². The maximum absolute atomic E-state index is 11.8. The number of methoxy groups -OCH3 is 2. The molecule has 0 radical (unpaired) electrons. The first-order valence-corrected chi connectivity index (χ1v) is 5.36. The zero-order valence-electron chi connectivity index (χ0n) is 10.8. The third-order valence-corrected chi connectivity index (χ3v) is 2.42. The molecule has 0 amide bonds. The van der Waals surface area contributed by atoms with Crippen LogP contribution in [0.15, 0.2) is 12.1 Å². The molecule has 0 saturated heterocycles. The molecule has 0 spiro atoms. The average molecular weight is 269 g/mol. The van der Waals surface area contributed by atoms with Gasteiger partial charge in [0.2, 0.25) is 0 Å². The standard InChI is InChI=1S/C12H15NO6/c1-6(11(14)15)19-12(16)8-4-7(17-2)5-9(18-3)10(8)13/h4-6H,13H2,1-3H3,(H,14,15).